The highest BCUT2D eigenvalue weighted by atomic mass is 16.5. The Morgan fingerprint density at radius 3 is 2.57 bits per heavy atom. The van der Waals surface area contributed by atoms with Crippen LogP contribution < -0.4 is 0 Å². The van der Waals surface area contributed by atoms with Crippen molar-refractivity contribution in [1.82, 2.24) is 0 Å². The SMILES string of the molecule is CCCCCC(C)OC[C@H](C)CC=O. The minimum atomic E-state index is 0.343. The first-order valence-corrected chi connectivity index (χ1v) is 5.75. The molecule has 0 amide bonds. The van der Waals surface area contributed by atoms with E-state index in [0.29, 0.717) is 25.0 Å². The highest BCUT2D eigenvalue weighted by Gasteiger charge is 2.05. The Morgan fingerprint density at radius 1 is 1.29 bits per heavy atom. The van der Waals surface area contributed by atoms with Crippen LogP contribution in [0.4, 0.5) is 0 Å². The normalized spacial score (nSPS) is 15.1. The molecule has 0 fully saturated rings. The van der Waals surface area contributed by atoms with Crippen molar-refractivity contribution in [3.63, 3.8) is 0 Å². The number of aldehydes is 1. The molecule has 0 aliphatic rings. The lowest BCUT2D eigenvalue weighted by Gasteiger charge is -2.15. The third kappa shape index (κ3) is 8.24. The molecule has 0 bridgehead atoms. The first kappa shape index (κ1) is 13.6. The van der Waals surface area contributed by atoms with Gasteiger partial charge in [0.25, 0.3) is 0 Å². The van der Waals surface area contributed by atoms with Gasteiger partial charge in [0.15, 0.2) is 0 Å². The molecule has 84 valence electrons. The molecule has 2 heteroatoms. The fourth-order valence-corrected chi connectivity index (χ4v) is 1.33. The molecule has 0 saturated carbocycles. The van der Waals surface area contributed by atoms with E-state index in [9.17, 15) is 4.79 Å². The van der Waals surface area contributed by atoms with Crippen LogP contribution in [0.25, 0.3) is 0 Å². The molecule has 0 aromatic rings. The second-order valence-electron chi connectivity index (χ2n) is 4.15. The van der Waals surface area contributed by atoms with E-state index >= 15 is 0 Å². The fraction of sp³-hybridized carbons (Fsp3) is 0.917. The maximum atomic E-state index is 10.2. The van der Waals surface area contributed by atoms with Crippen molar-refractivity contribution in [2.75, 3.05) is 6.61 Å². The number of hydrogen-bond donors (Lipinski definition) is 0. The molecule has 0 aliphatic heterocycles. The molecule has 0 rings (SSSR count). The quantitative estimate of drug-likeness (QED) is 0.422. The second kappa shape index (κ2) is 9.20. The standard InChI is InChI=1S/C12H24O2/c1-4-5-6-7-12(3)14-10-11(2)8-9-13/h9,11-12H,4-8,10H2,1-3H3/t11-,12?/m1/s1. The average molecular weight is 200 g/mol. The predicted molar refractivity (Wildman–Crippen MR) is 59.4 cm³/mol. The van der Waals surface area contributed by atoms with Gasteiger partial charge in [-0.2, -0.15) is 0 Å². The van der Waals surface area contributed by atoms with Gasteiger partial charge >= 0.3 is 0 Å². The summed E-state index contributed by atoms with van der Waals surface area (Å²) in [5.74, 6) is 0.362. The molecule has 0 N–H and O–H groups in total. The molecule has 0 aromatic heterocycles. The van der Waals surface area contributed by atoms with Crippen molar-refractivity contribution < 1.29 is 9.53 Å². The number of carbonyl (C=O) groups excluding carboxylic acids is 1. The van der Waals surface area contributed by atoms with Gasteiger partial charge < -0.3 is 9.53 Å². The number of carbonyl (C=O) groups is 1. The van der Waals surface area contributed by atoms with E-state index in [0.717, 1.165) is 12.7 Å². The van der Waals surface area contributed by atoms with Crippen LogP contribution in [0.15, 0.2) is 0 Å². The summed E-state index contributed by atoms with van der Waals surface area (Å²) in [7, 11) is 0. The van der Waals surface area contributed by atoms with Crippen molar-refractivity contribution in [2.24, 2.45) is 5.92 Å². The van der Waals surface area contributed by atoms with E-state index < -0.39 is 0 Å². The highest BCUT2D eigenvalue weighted by Crippen LogP contribution is 2.08. The molecule has 14 heavy (non-hydrogen) atoms. The van der Waals surface area contributed by atoms with Crippen molar-refractivity contribution in [2.45, 2.75) is 59.0 Å². The van der Waals surface area contributed by atoms with Crippen LogP contribution >= 0.6 is 0 Å². The lowest BCUT2D eigenvalue weighted by Crippen LogP contribution is -2.14. The van der Waals surface area contributed by atoms with Crippen LogP contribution in [-0.4, -0.2) is 19.0 Å². The third-order valence-electron chi connectivity index (χ3n) is 2.38. The Morgan fingerprint density at radius 2 is 2.00 bits per heavy atom. The lowest BCUT2D eigenvalue weighted by molar-refractivity contribution is -0.109. The van der Waals surface area contributed by atoms with Gasteiger partial charge in [0, 0.05) is 13.0 Å². The molecule has 1 unspecified atom stereocenters. The number of unbranched alkanes of at least 4 members (excludes halogenated alkanes) is 2. The van der Waals surface area contributed by atoms with E-state index in [1.165, 1.54) is 19.3 Å². The average Bonchev–Trinajstić information content (AvgIpc) is 2.16. The smallest absolute Gasteiger partial charge is 0.120 e. The number of rotatable bonds is 9. The zero-order chi connectivity index (χ0) is 10.8. The molecule has 0 radical (unpaired) electrons. The molecule has 2 atom stereocenters. The van der Waals surface area contributed by atoms with Crippen LogP contribution in [0, 0.1) is 5.92 Å². The summed E-state index contributed by atoms with van der Waals surface area (Å²) < 4.78 is 5.64. The van der Waals surface area contributed by atoms with Gasteiger partial charge in [0.05, 0.1) is 6.10 Å². The van der Waals surface area contributed by atoms with Crippen LogP contribution in [0.1, 0.15) is 52.9 Å². The van der Waals surface area contributed by atoms with E-state index in [1.54, 1.807) is 0 Å². The van der Waals surface area contributed by atoms with E-state index in [2.05, 4.69) is 13.8 Å². The maximum absolute atomic E-state index is 10.2. The number of hydrogen-bond acceptors (Lipinski definition) is 2. The monoisotopic (exact) mass is 200 g/mol. The predicted octanol–water partition coefficient (Wildman–Crippen LogP) is 3.20. The summed E-state index contributed by atoms with van der Waals surface area (Å²) in [6.07, 6.45) is 6.86. The molecular formula is C12H24O2. The van der Waals surface area contributed by atoms with Crippen molar-refractivity contribution in [1.29, 1.82) is 0 Å². The van der Waals surface area contributed by atoms with Crippen molar-refractivity contribution in [3.05, 3.63) is 0 Å². The Kier molecular flexibility index (Phi) is 8.95. The van der Waals surface area contributed by atoms with Crippen LogP contribution in [0.2, 0.25) is 0 Å². The Balaban J connectivity index is 3.33. The minimum Gasteiger partial charge on any atom is -0.378 e. The third-order valence-corrected chi connectivity index (χ3v) is 2.38. The summed E-state index contributed by atoms with van der Waals surface area (Å²) in [4.78, 5) is 10.2. The fourth-order valence-electron chi connectivity index (χ4n) is 1.33. The van der Waals surface area contributed by atoms with Gasteiger partial charge in [0.1, 0.15) is 6.29 Å². The Labute approximate surface area is 88.0 Å². The minimum absolute atomic E-state index is 0.343. The largest absolute Gasteiger partial charge is 0.378 e. The van der Waals surface area contributed by atoms with Crippen LogP contribution in [-0.2, 0) is 9.53 Å². The van der Waals surface area contributed by atoms with Crippen LogP contribution in [0.5, 0.6) is 0 Å². The second-order valence-corrected chi connectivity index (χ2v) is 4.15. The Hall–Kier alpha value is -0.370. The first-order valence-electron chi connectivity index (χ1n) is 5.75. The van der Waals surface area contributed by atoms with Gasteiger partial charge in [-0.3, -0.25) is 0 Å². The Bertz CT molecular complexity index is 134. The first-order chi connectivity index (χ1) is 6.70. The maximum Gasteiger partial charge on any atom is 0.120 e. The zero-order valence-corrected chi connectivity index (χ0v) is 9.79. The summed E-state index contributed by atoms with van der Waals surface area (Å²) in [6.45, 7) is 7.08. The highest BCUT2D eigenvalue weighted by molar-refractivity contribution is 5.49. The zero-order valence-electron chi connectivity index (χ0n) is 9.79. The van der Waals surface area contributed by atoms with Gasteiger partial charge in [-0.15, -0.1) is 0 Å². The molecular weight excluding hydrogens is 176 g/mol. The summed E-state index contributed by atoms with van der Waals surface area (Å²) in [5.41, 5.74) is 0. The topological polar surface area (TPSA) is 26.3 Å². The van der Waals surface area contributed by atoms with Crippen LogP contribution in [0.3, 0.4) is 0 Å². The molecule has 0 spiro atoms. The molecule has 2 nitrogen and oxygen atoms in total. The summed E-state index contributed by atoms with van der Waals surface area (Å²) >= 11 is 0. The van der Waals surface area contributed by atoms with Gasteiger partial charge in [-0.1, -0.05) is 33.1 Å². The summed E-state index contributed by atoms with van der Waals surface area (Å²) in [5, 5.41) is 0. The molecule has 0 heterocycles. The van der Waals surface area contributed by atoms with Crippen molar-refractivity contribution >= 4 is 6.29 Å². The van der Waals surface area contributed by atoms with E-state index in [-0.39, 0.29) is 0 Å². The molecule has 0 saturated heterocycles. The molecule has 0 aromatic carbocycles. The van der Waals surface area contributed by atoms with E-state index in [4.69, 9.17) is 4.74 Å². The van der Waals surface area contributed by atoms with Crippen molar-refractivity contribution in [3.8, 4) is 0 Å². The lowest BCUT2D eigenvalue weighted by atomic mass is 10.1. The summed E-state index contributed by atoms with van der Waals surface area (Å²) in [6, 6.07) is 0. The number of ether oxygens (including phenoxy) is 1. The molecule has 0 aliphatic carbocycles. The van der Waals surface area contributed by atoms with Gasteiger partial charge in [0.2, 0.25) is 0 Å². The van der Waals surface area contributed by atoms with Gasteiger partial charge in [-0.25, -0.2) is 0 Å². The van der Waals surface area contributed by atoms with Gasteiger partial charge in [-0.05, 0) is 19.3 Å². The van der Waals surface area contributed by atoms with E-state index in [1.807, 2.05) is 6.92 Å².